The number of anilines is 2. The van der Waals surface area contributed by atoms with E-state index in [1.165, 1.54) is 12.1 Å². The molecule has 0 aliphatic carbocycles. The van der Waals surface area contributed by atoms with E-state index in [0.29, 0.717) is 12.8 Å². The summed E-state index contributed by atoms with van der Waals surface area (Å²) in [5.74, 6) is -1.63. The Morgan fingerprint density at radius 3 is 2.25 bits per heavy atom. The molecule has 270 valence electrons. The summed E-state index contributed by atoms with van der Waals surface area (Å²) in [6, 6.07) is 5.18. The third kappa shape index (κ3) is 6.98. The van der Waals surface area contributed by atoms with E-state index in [-0.39, 0.29) is 78.7 Å². The van der Waals surface area contributed by atoms with Crippen LogP contribution in [0.1, 0.15) is 59.9 Å². The number of hydrogen-bond acceptors (Lipinski definition) is 11. The van der Waals surface area contributed by atoms with Crippen LogP contribution in [-0.4, -0.2) is 78.1 Å². The second kappa shape index (κ2) is 12.7. The van der Waals surface area contributed by atoms with Crippen LogP contribution in [0.25, 0.3) is 32.1 Å². The molecular formula is C34H35ClF2N6O6S2. The standard InChI is InChI=1S/C34H35ClF2N6O6S2/c1-33(2,3)48-31(44)41-29-20(13-38)23-18(10-11-22(36)27(23)50-29)24-21(35)12-19-26(25(24)37)39-30(51(7,46)47)40-28(19)42-14-16-8-9-17(15-42)43(16)32(45)49-34(4,5)6/h10-12,16-17H,8-9,14-15H2,1-7H3,(H,41,44)/t16-,17+. The molecule has 2 aromatic carbocycles. The zero-order valence-corrected chi connectivity index (χ0v) is 31.2. The first-order valence-electron chi connectivity index (χ1n) is 16.0. The number of ether oxygens (including phenoxy) is 2. The van der Waals surface area contributed by atoms with E-state index < -0.39 is 50.0 Å². The van der Waals surface area contributed by atoms with Crippen LogP contribution >= 0.6 is 22.9 Å². The largest absolute Gasteiger partial charge is 0.444 e. The van der Waals surface area contributed by atoms with Crippen LogP contribution < -0.4 is 10.2 Å². The van der Waals surface area contributed by atoms with Crippen LogP contribution in [0.15, 0.2) is 23.4 Å². The molecule has 0 radical (unpaired) electrons. The van der Waals surface area contributed by atoms with Crippen LogP contribution in [0.2, 0.25) is 5.02 Å². The minimum absolute atomic E-state index is 0.0128. The van der Waals surface area contributed by atoms with E-state index in [1.807, 2.05) is 6.07 Å². The number of nitrogens with one attached hydrogen (secondary N) is 1. The van der Waals surface area contributed by atoms with Crippen molar-refractivity contribution in [3.05, 3.63) is 40.4 Å². The maximum Gasteiger partial charge on any atom is 0.412 e. The highest BCUT2D eigenvalue weighted by Crippen LogP contribution is 2.47. The molecule has 4 aromatic rings. The summed E-state index contributed by atoms with van der Waals surface area (Å²) in [5.41, 5.74) is -2.31. The van der Waals surface area contributed by atoms with Gasteiger partial charge >= 0.3 is 12.2 Å². The first-order chi connectivity index (χ1) is 23.7. The number of halogens is 3. The van der Waals surface area contributed by atoms with Crippen molar-refractivity contribution >= 4 is 76.8 Å². The Morgan fingerprint density at radius 2 is 1.69 bits per heavy atom. The number of thiophene rings is 1. The summed E-state index contributed by atoms with van der Waals surface area (Å²) in [7, 11) is -4.06. The lowest BCUT2D eigenvalue weighted by molar-refractivity contribution is 0.0122. The van der Waals surface area contributed by atoms with E-state index in [0.717, 1.165) is 23.7 Å². The molecular weight excluding hydrogens is 726 g/mol. The number of benzene rings is 2. The van der Waals surface area contributed by atoms with Gasteiger partial charge in [0.05, 0.1) is 27.4 Å². The average molecular weight is 761 g/mol. The monoisotopic (exact) mass is 760 g/mol. The molecule has 2 atom stereocenters. The van der Waals surface area contributed by atoms with E-state index in [1.54, 1.807) is 51.3 Å². The highest BCUT2D eigenvalue weighted by atomic mass is 35.5. The quantitative estimate of drug-likeness (QED) is 0.205. The molecule has 2 aliphatic rings. The Labute approximate surface area is 302 Å². The number of sulfone groups is 1. The lowest BCUT2D eigenvalue weighted by Gasteiger charge is -2.42. The Balaban J connectivity index is 1.49. The van der Waals surface area contributed by atoms with Crippen LogP contribution in [-0.2, 0) is 19.3 Å². The summed E-state index contributed by atoms with van der Waals surface area (Å²) < 4.78 is 68.8. The minimum atomic E-state index is -4.06. The van der Waals surface area contributed by atoms with E-state index in [4.69, 9.17) is 21.1 Å². The van der Waals surface area contributed by atoms with Crippen molar-refractivity contribution in [2.75, 3.05) is 29.6 Å². The number of amides is 2. The molecule has 2 fully saturated rings. The predicted octanol–water partition coefficient (Wildman–Crippen LogP) is 7.65. The Kier molecular flexibility index (Phi) is 9.09. The van der Waals surface area contributed by atoms with Crippen molar-refractivity contribution < 1.29 is 36.3 Å². The van der Waals surface area contributed by atoms with Gasteiger partial charge in [-0.2, -0.15) is 5.26 Å². The first-order valence-corrected chi connectivity index (χ1v) is 19.1. The van der Waals surface area contributed by atoms with Gasteiger partial charge in [0.2, 0.25) is 15.0 Å². The van der Waals surface area contributed by atoms with Crippen molar-refractivity contribution in [2.24, 2.45) is 0 Å². The fourth-order valence-electron chi connectivity index (χ4n) is 6.47. The Morgan fingerprint density at radius 1 is 1.06 bits per heavy atom. The van der Waals surface area contributed by atoms with Crippen molar-refractivity contribution in [2.45, 2.75) is 82.8 Å². The molecule has 2 amide bonds. The van der Waals surface area contributed by atoms with Gasteiger partial charge in [-0.25, -0.2) is 36.8 Å². The van der Waals surface area contributed by atoms with Crippen molar-refractivity contribution in [1.82, 2.24) is 14.9 Å². The topological polar surface area (TPSA) is 155 Å². The Hall–Kier alpha value is -4.33. The zero-order valence-electron chi connectivity index (χ0n) is 28.9. The molecule has 2 bridgehead atoms. The van der Waals surface area contributed by atoms with Gasteiger partial charge in [0, 0.05) is 35.7 Å². The summed E-state index contributed by atoms with van der Waals surface area (Å²) in [4.78, 5) is 37.7. The number of carbonyl (C=O) groups excluding carboxylic acids is 2. The molecule has 2 aliphatic heterocycles. The smallest absolute Gasteiger partial charge is 0.412 e. The molecule has 1 N–H and O–H groups in total. The SMILES string of the molecule is CC(C)(C)OC(=O)Nc1sc2c(F)ccc(-c3c(Cl)cc4c(N5C[C@H]6CC[C@@H](C5)N6C(=O)OC(C)(C)C)nc(S(C)(=O)=O)nc4c3F)c2c1C#N. The number of piperazine rings is 1. The van der Waals surface area contributed by atoms with Crippen molar-refractivity contribution in [3.8, 4) is 17.2 Å². The summed E-state index contributed by atoms with van der Waals surface area (Å²) in [6.45, 7) is 10.8. The third-order valence-electron chi connectivity index (χ3n) is 8.35. The van der Waals surface area contributed by atoms with Gasteiger partial charge in [-0.15, -0.1) is 11.3 Å². The lowest BCUT2D eigenvalue weighted by atomic mass is 9.97. The predicted molar refractivity (Wildman–Crippen MR) is 190 cm³/mol. The van der Waals surface area contributed by atoms with Gasteiger partial charge < -0.3 is 14.4 Å². The molecule has 17 heteroatoms. The number of carbonyl (C=O) groups is 2. The van der Waals surface area contributed by atoms with Crippen LogP contribution in [0.3, 0.4) is 0 Å². The van der Waals surface area contributed by atoms with E-state index >= 15 is 8.78 Å². The second-order valence-electron chi connectivity index (χ2n) is 14.6. The van der Waals surface area contributed by atoms with E-state index in [2.05, 4.69) is 15.3 Å². The average Bonchev–Trinajstić information content (AvgIpc) is 3.49. The number of aromatic nitrogens is 2. The van der Waals surface area contributed by atoms with Gasteiger partial charge in [-0.3, -0.25) is 10.2 Å². The van der Waals surface area contributed by atoms with Crippen LogP contribution in [0, 0.1) is 23.0 Å². The number of nitriles is 1. The fourth-order valence-corrected chi connectivity index (χ4v) is 8.34. The zero-order chi connectivity index (χ0) is 37.4. The molecule has 12 nitrogen and oxygen atoms in total. The summed E-state index contributed by atoms with van der Waals surface area (Å²) in [6.07, 6.45) is 0.937. The van der Waals surface area contributed by atoms with Crippen molar-refractivity contribution in [1.29, 1.82) is 5.26 Å². The van der Waals surface area contributed by atoms with Gasteiger partial charge in [0.1, 0.15) is 39.4 Å². The molecule has 4 heterocycles. The lowest BCUT2D eigenvalue weighted by Crippen LogP contribution is -2.57. The molecule has 2 saturated heterocycles. The first kappa shape index (κ1) is 36.5. The number of fused-ring (bicyclic) bond motifs is 4. The normalized spacial score (nSPS) is 17.9. The maximum atomic E-state index is 17.0. The maximum absolute atomic E-state index is 17.0. The van der Waals surface area contributed by atoms with Gasteiger partial charge in [0.25, 0.3) is 0 Å². The van der Waals surface area contributed by atoms with Crippen LogP contribution in [0.5, 0.6) is 0 Å². The molecule has 0 spiro atoms. The fraction of sp³-hybridized carbons (Fsp3) is 0.441. The molecule has 6 rings (SSSR count). The number of nitrogens with zero attached hydrogens (tertiary/aromatic N) is 5. The highest BCUT2D eigenvalue weighted by Gasteiger charge is 2.45. The molecule has 0 unspecified atom stereocenters. The molecule has 51 heavy (non-hydrogen) atoms. The van der Waals surface area contributed by atoms with Gasteiger partial charge in [0.15, 0.2) is 5.82 Å². The van der Waals surface area contributed by atoms with Gasteiger partial charge in [-0.1, -0.05) is 17.7 Å². The van der Waals surface area contributed by atoms with Crippen molar-refractivity contribution in [3.63, 3.8) is 0 Å². The highest BCUT2D eigenvalue weighted by molar-refractivity contribution is 7.90. The molecule has 0 saturated carbocycles. The second-order valence-corrected chi connectivity index (χ2v) is 17.9. The summed E-state index contributed by atoms with van der Waals surface area (Å²) in [5, 5.41) is 12.0. The Bertz CT molecular complexity index is 2270. The number of hydrogen-bond donors (Lipinski definition) is 1. The number of rotatable bonds is 4. The third-order valence-corrected chi connectivity index (χ3v) is 10.6. The molecule has 2 aromatic heterocycles. The summed E-state index contributed by atoms with van der Waals surface area (Å²) >= 11 is 7.58. The van der Waals surface area contributed by atoms with E-state index in [9.17, 15) is 23.3 Å². The minimum Gasteiger partial charge on any atom is -0.444 e. The van der Waals surface area contributed by atoms with Gasteiger partial charge in [-0.05, 0) is 72.1 Å². The van der Waals surface area contributed by atoms with Crippen LogP contribution in [0.4, 0.5) is 29.2 Å².